The van der Waals surface area contributed by atoms with E-state index in [0.29, 0.717) is 11.7 Å². The molecule has 1 aromatic carbocycles. The Morgan fingerprint density at radius 2 is 2.00 bits per heavy atom. The molecule has 0 aliphatic carbocycles. The second-order valence-corrected chi connectivity index (χ2v) is 4.49. The van der Waals surface area contributed by atoms with Gasteiger partial charge in [0.2, 0.25) is 0 Å². The number of likely N-dealkylation sites (tertiary alicyclic amines) is 1. The van der Waals surface area contributed by atoms with E-state index in [-0.39, 0.29) is 0 Å². The predicted octanol–water partition coefficient (Wildman–Crippen LogP) is 2.59. The van der Waals surface area contributed by atoms with Crippen LogP contribution in [0.2, 0.25) is 0 Å². The van der Waals surface area contributed by atoms with Crippen LogP contribution < -0.4 is 0 Å². The van der Waals surface area contributed by atoms with Gasteiger partial charge in [-0.15, -0.1) is 0 Å². The molecule has 0 amide bonds. The first-order valence-electron chi connectivity index (χ1n) is 5.74. The summed E-state index contributed by atoms with van der Waals surface area (Å²) >= 11 is 0. The van der Waals surface area contributed by atoms with E-state index in [4.69, 9.17) is 0 Å². The molecule has 0 bridgehead atoms. The molecule has 1 atom stereocenters. The van der Waals surface area contributed by atoms with Gasteiger partial charge >= 0.3 is 0 Å². The van der Waals surface area contributed by atoms with Crippen molar-refractivity contribution in [3.8, 4) is 5.75 Å². The third kappa shape index (κ3) is 2.51. The van der Waals surface area contributed by atoms with Crippen LogP contribution in [0.5, 0.6) is 5.75 Å². The number of nitrogens with zero attached hydrogens (tertiary/aromatic N) is 1. The molecule has 82 valence electrons. The van der Waals surface area contributed by atoms with Crippen molar-refractivity contribution in [3.05, 3.63) is 29.8 Å². The molecule has 1 aliphatic rings. The van der Waals surface area contributed by atoms with Crippen molar-refractivity contribution < 1.29 is 5.11 Å². The van der Waals surface area contributed by atoms with Crippen LogP contribution in [0, 0.1) is 0 Å². The van der Waals surface area contributed by atoms with Crippen molar-refractivity contribution in [2.45, 2.75) is 25.2 Å². The lowest BCUT2D eigenvalue weighted by atomic mass is 9.91. The van der Waals surface area contributed by atoms with E-state index in [2.05, 4.69) is 18.0 Å². The lowest BCUT2D eigenvalue weighted by Gasteiger charge is -2.16. The fourth-order valence-corrected chi connectivity index (χ4v) is 2.38. The summed E-state index contributed by atoms with van der Waals surface area (Å²) in [4.78, 5) is 2.37. The van der Waals surface area contributed by atoms with Crippen molar-refractivity contribution in [3.63, 3.8) is 0 Å². The molecule has 1 N–H and O–H groups in total. The molecule has 1 fully saturated rings. The van der Waals surface area contributed by atoms with Gasteiger partial charge in [-0.25, -0.2) is 0 Å². The van der Waals surface area contributed by atoms with Gasteiger partial charge in [0.25, 0.3) is 0 Å². The normalized spacial score (nSPS) is 23.7. The molecule has 2 heteroatoms. The van der Waals surface area contributed by atoms with Crippen LogP contribution in [0.3, 0.4) is 0 Å². The molecule has 1 saturated heterocycles. The molecule has 15 heavy (non-hydrogen) atoms. The van der Waals surface area contributed by atoms with Gasteiger partial charge in [-0.2, -0.15) is 0 Å². The molecular formula is C13H19NO. The summed E-state index contributed by atoms with van der Waals surface area (Å²) in [6.45, 7) is 2.32. The zero-order valence-electron chi connectivity index (χ0n) is 9.32. The summed E-state index contributed by atoms with van der Waals surface area (Å²) in [5.74, 6) is 1.00. The first-order valence-corrected chi connectivity index (χ1v) is 5.74. The van der Waals surface area contributed by atoms with Gasteiger partial charge in [-0.1, -0.05) is 18.2 Å². The summed E-state index contributed by atoms with van der Waals surface area (Å²) in [7, 11) is 2.17. The summed E-state index contributed by atoms with van der Waals surface area (Å²) in [6.07, 6.45) is 3.59. The van der Waals surface area contributed by atoms with E-state index in [9.17, 15) is 5.11 Å². The second kappa shape index (κ2) is 4.67. The van der Waals surface area contributed by atoms with Gasteiger partial charge in [-0.3, -0.25) is 0 Å². The minimum atomic E-state index is 0.465. The van der Waals surface area contributed by atoms with Crippen molar-refractivity contribution in [1.29, 1.82) is 0 Å². The van der Waals surface area contributed by atoms with E-state index >= 15 is 0 Å². The third-order valence-corrected chi connectivity index (χ3v) is 3.33. The predicted molar refractivity (Wildman–Crippen MR) is 62.2 cm³/mol. The van der Waals surface area contributed by atoms with Crippen LogP contribution in [0.4, 0.5) is 0 Å². The monoisotopic (exact) mass is 205 g/mol. The summed E-state index contributed by atoms with van der Waals surface area (Å²) < 4.78 is 0. The van der Waals surface area contributed by atoms with E-state index in [1.165, 1.54) is 19.4 Å². The summed E-state index contributed by atoms with van der Waals surface area (Å²) in [6, 6.07) is 7.76. The number of phenolic OH excluding ortho intramolecular Hbond substituents is 1. The molecule has 0 spiro atoms. The maximum atomic E-state index is 9.81. The zero-order chi connectivity index (χ0) is 10.7. The molecule has 1 unspecified atom stereocenters. The number of hydrogen-bond acceptors (Lipinski definition) is 2. The van der Waals surface area contributed by atoms with Crippen LogP contribution in [-0.2, 0) is 0 Å². The Balaban J connectivity index is 2.13. The molecule has 1 heterocycles. The number of hydrogen-bond donors (Lipinski definition) is 1. The van der Waals surface area contributed by atoms with E-state index in [0.717, 1.165) is 18.5 Å². The Hall–Kier alpha value is -1.02. The number of phenols is 1. The fraction of sp³-hybridized carbons (Fsp3) is 0.538. The Labute approximate surface area is 91.5 Å². The van der Waals surface area contributed by atoms with Gasteiger partial charge in [0.05, 0.1) is 0 Å². The highest BCUT2D eigenvalue weighted by Crippen LogP contribution is 2.32. The highest BCUT2D eigenvalue weighted by Gasteiger charge is 2.18. The smallest absolute Gasteiger partial charge is 0.119 e. The Kier molecular flexibility index (Phi) is 3.27. The first kappa shape index (κ1) is 10.5. The van der Waals surface area contributed by atoms with Crippen molar-refractivity contribution in [1.82, 2.24) is 4.90 Å². The van der Waals surface area contributed by atoms with Crippen molar-refractivity contribution >= 4 is 0 Å². The average molecular weight is 205 g/mol. The topological polar surface area (TPSA) is 23.5 Å². The maximum Gasteiger partial charge on any atom is 0.119 e. The molecule has 1 aliphatic heterocycles. The van der Waals surface area contributed by atoms with Crippen LogP contribution in [0.15, 0.2) is 24.3 Å². The zero-order valence-corrected chi connectivity index (χ0v) is 9.32. The van der Waals surface area contributed by atoms with Crippen molar-refractivity contribution in [2.75, 3.05) is 20.1 Å². The fourth-order valence-electron chi connectivity index (χ4n) is 2.38. The number of aromatic hydroxyl groups is 1. The first-order chi connectivity index (χ1) is 7.27. The number of para-hydroxylation sites is 1. The Morgan fingerprint density at radius 1 is 1.20 bits per heavy atom. The molecule has 0 saturated carbocycles. The minimum Gasteiger partial charge on any atom is -0.508 e. The van der Waals surface area contributed by atoms with Gasteiger partial charge < -0.3 is 10.0 Å². The number of rotatable bonds is 1. The van der Waals surface area contributed by atoms with Crippen molar-refractivity contribution in [2.24, 2.45) is 0 Å². The van der Waals surface area contributed by atoms with Gasteiger partial charge in [0.15, 0.2) is 0 Å². The Morgan fingerprint density at radius 3 is 2.80 bits per heavy atom. The van der Waals surface area contributed by atoms with Crippen LogP contribution >= 0.6 is 0 Å². The van der Waals surface area contributed by atoms with Crippen LogP contribution in [0.25, 0.3) is 0 Å². The van der Waals surface area contributed by atoms with E-state index < -0.39 is 0 Å². The lowest BCUT2D eigenvalue weighted by Crippen LogP contribution is -2.18. The SMILES string of the molecule is CN1CCCC(c2ccccc2O)CC1. The van der Waals surface area contributed by atoms with Crippen LogP contribution in [0.1, 0.15) is 30.7 Å². The van der Waals surface area contributed by atoms with Crippen LogP contribution in [-0.4, -0.2) is 30.1 Å². The highest BCUT2D eigenvalue weighted by molar-refractivity contribution is 5.34. The molecule has 2 rings (SSSR count). The minimum absolute atomic E-state index is 0.465. The third-order valence-electron chi connectivity index (χ3n) is 3.33. The second-order valence-electron chi connectivity index (χ2n) is 4.49. The van der Waals surface area contributed by atoms with Gasteiger partial charge in [-0.05, 0) is 56.9 Å². The summed E-state index contributed by atoms with van der Waals surface area (Å²) in [5.41, 5.74) is 1.13. The summed E-state index contributed by atoms with van der Waals surface area (Å²) in [5, 5.41) is 9.81. The number of benzene rings is 1. The highest BCUT2D eigenvalue weighted by atomic mass is 16.3. The van der Waals surface area contributed by atoms with Gasteiger partial charge in [0.1, 0.15) is 5.75 Å². The molecular weight excluding hydrogens is 186 g/mol. The molecule has 1 aromatic rings. The lowest BCUT2D eigenvalue weighted by molar-refractivity contribution is 0.347. The molecule has 0 aromatic heterocycles. The quantitative estimate of drug-likeness (QED) is 0.761. The maximum absolute atomic E-state index is 9.81. The molecule has 0 radical (unpaired) electrons. The molecule has 2 nitrogen and oxygen atoms in total. The van der Waals surface area contributed by atoms with E-state index in [1.807, 2.05) is 12.1 Å². The average Bonchev–Trinajstić information content (AvgIpc) is 2.44. The Bertz CT molecular complexity index is 324. The largest absolute Gasteiger partial charge is 0.508 e. The standard InChI is InChI=1S/C13H19NO/c1-14-9-4-5-11(8-10-14)12-6-2-3-7-13(12)15/h2-3,6-7,11,15H,4-5,8-10H2,1H3. The van der Waals surface area contributed by atoms with E-state index in [1.54, 1.807) is 6.07 Å². The van der Waals surface area contributed by atoms with Gasteiger partial charge in [0, 0.05) is 0 Å².